The molecule has 0 saturated carbocycles. The summed E-state index contributed by atoms with van der Waals surface area (Å²) in [5.74, 6) is -2.30. The summed E-state index contributed by atoms with van der Waals surface area (Å²) < 4.78 is 57.4. The Kier molecular flexibility index (Phi) is 5.62. The summed E-state index contributed by atoms with van der Waals surface area (Å²) in [6, 6.07) is 1.09. The summed E-state index contributed by atoms with van der Waals surface area (Å²) >= 11 is 0. The quantitative estimate of drug-likeness (QED) is 0.638. The third kappa shape index (κ3) is 4.88. The Balaban J connectivity index is 2.90. The van der Waals surface area contributed by atoms with Crippen molar-refractivity contribution in [2.75, 3.05) is 26.0 Å². The molecular weight excluding hydrogens is 306 g/mol. The summed E-state index contributed by atoms with van der Waals surface area (Å²) in [4.78, 5) is -0.774. The highest BCUT2D eigenvalue weighted by Crippen LogP contribution is 2.21. The van der Waals surface area contributed by atoms with Gasteiger partial charge in [-0.2, -0.15) is 0 Å². The van der Waals surface area contributed by atoms with Gasteiger partial charge in [0, 0.05) is 32.7 Å². The molecular formula is C12H18F2N2O4S. The van der Waals surface area contributed by atoms with E-state index < -0.39 is 37.8 Å². The molecule has 0 bridgehead atoms. The van der Waals surface area contributed by atoms with E-state index in [0.717, 1.165) is 0 Å². The van der Waals surface area contributed by atoms with Crippen molar-refractivity contribution in [2.45, 2.75) is 23.8 Å². The van der Waals surface area contributed by atoms with E-state index in [1.54, 1.807) is 0 Å². The molecule has 0 saturated heterocycles. The number of aliphatic hydroxyl groups is 1. The number of rotatable bonds is 7. The van der Waals surface area contributed by atoms with Crippen LogP contribution in [0.15, 0.2) is 17.0 Å². The highest BCUT2D eigenvalue weighted by Gasteiger charge is 2.26. The van der Waals surface area contributed by atoms with E-state index in [4.69, 9.17) is 10.5 Å². The smallest absolute Gasteiger partial charge is 0.243 e. The minimum Gasteiger partial charge on any atom is -0.396 e. The molecule has 120 valence electrons. The lowest BCUT2D eigenvalue weighted by Gasteiger charge is -2.23. The normalized spacial score (nSPS) is 14.9. The summed E-state index contributed by atoms with van der Waals surface area (Å²) in [5, 5.41) is 9.94. The van der Waals surface area contributed by atoms with Crippen molar-refractivity contribution in [1.82, 2.24) is 4.72 Å². The number of hydrogen-bond acceptors (Lipinski definition) is 5. The molecule has 21 heavy (non-hydrogen) atoms. The average molecular weight is 324 g/mol. The molecule has 1 unspecified atom stereocenters. The van der Waals surface area contributed by atoms with Gasteiger partial charge in [-0.1, -0.05) is 0 Å². The first-order chi connectivity index (χ1) is 9.59. The first kappa shape index (κ1) is 17.8. The molecule has 0 amide bonds. The Morgan fingerprint density at radius 2 is 2.00 bits per heavy atom. The third-order valence-electron chi connectivity index (χ3n) is 2.83. The van der Waals surface area contributed by atoms with Crippen LogP contribution < -0.4 is 10.5 Å². The van der Waals surface area contributed by atoms with Crippen molar-refractivity contribution >= 4 is 15.7 Å². The molecule has 0 spiro atoms. The number of hydrogen-bond donors (Lipinski definition) is 3. The van der Waals surface area contributed by atoms with Gasteiger partial charge in [0.1, 0.15) is 16.5 Å². The highest BCUT2D eigenvalue weighted by atomic mass is 32.2. The topological polar surface area (TPSA) is 102 Å². The average Bonchev–Trinajstić information content (AvgIpc) is 2.38. The second-order valence-electron chi connectivity index (χ2n) is 4.87. The number of nitrogen functional groups attached to an aromatic ring is 1. The van der Waals surface area contributed by atoms with Crippen LogP contribution in [0.4, 0.5) is 14.5 Å². The van der Waals surface area contributed by atoms with Gasteiger partial charge in [-0.05, 0) is 13.0 Å². The number of benzene rings is 1. The van der Waals surface area contributed by atoms with Crippen molar-refractivity contribution in [3.05, 3.63) is 23.8 Å². The van der Waals surface area contributed by atoms with Crippen molar-refractivity contribution < 1.29 is 27.0 Å². The van der Waals surface area contributed by atoms with E-state index in [1.165, 1.54) is 14.0 Å². The molecule has 0 aliphatic rings. The molecule has 0 heterocycles. The van der Waals surface area contributed by atoms with Crippen molar-refractivity contribution in [2.24, 2.45) is 0 Å². The van der Waals surface area contributed by atoms with Crippen molar-refractivity contribution in [3.8, 4) is 0 Å². The number of ether oxygens (including phenoxy) is 1. The van der Waals surface area contributed by atoms with Gasteiger partial charge < -0.3 is 15.6 Å². The van der Waals surface area contributed by atoms with E-state index in [2.05, 4.69) is 4.72 Å². The Morgan fingerprint density at radius 3 is 2.57 bits per heavy atom. The number of nitrogens with one attached hydrogen (secondary N) is 1. The van der Waals surface area contributed by atoms with Gasteiger partial charge in [0.25, 0.3) is 0 Å². The van der Waals surface area contributed by atoms with Gasteiger partial charge in [-0.25, -0.2) is 21.9 Å². The van der Waals surface area contributed by atoms with E-state index in [1.807, 2.05) is 0 Å². The van der Waals surface area contributed by atoms with Crippen LogP contribution in [0, 0.1) is 11.6 Å². The molecule has 9 heteroatoms. The summed E-state index contributed by atoms with van der Waals surface area (Å²) in [6.45, 7) is 1.28. The Bertz CT molecular complexity index is 606. The molecule has 1 rings (SSSR count). The zero-order valence-electron chi connectivity index (χ0n) is 11.7. The fourth-order valence-corrected chi connectivity index (χ4v) is 2.74. The van der Waals surface area contributed by atoms with Crippen molar-refractivity contribution in [1.29, 1.82) is 0 Å². The number of sulfonamides is 1. The predicted octanol–water partition coefficient (Wildman–Crippen LogP) is 0.613. The summed E-state index contributed by atoms with van der Waals surface area (Å²) in [6.07, 6.45) is 0.181. The van der Waals surface area contributed by atoms with Crippen LogP contribution in [-0.2, 0) is 14.8 Å². The molecule has 4 N–H and O–H groups in total. The summed E-state index contributed by atoms with van der Waals surface area (Å²) in [5.41, 5.74) is 3.38. The predicted molar refractivity (Wildman–Crippen MR) is 73.1 cm³/mol. The van der Waals surface area contributed by atoms with Gasteiger partial charge in [-0.15, -0.1) is 0 Å². The lowest BCUT2D eigenvalue weighted by atomic mass is 10.0. The van der Waals surface area contributed by atoms with Gasteiger partial charge in [0.2, 0.25) is 10.0 Å². The van der Waals surface area contributed by atoms with Crippen LogP contribution in [0.25, 0.3) is 0 Å². The molecule has 0 radical (unpaired) electrons. The fraction of sp³-hybridized carbons (Fsp3) is 0.500. The number of anilines is 1. The van der Waals surface area contributed by atoms with E-state index in [9.17, 15) is 22.3 Å². The zero-order chi connectivity index (χ0) is 16.3. The molecule has 1 atom stereocenters. The van der Waals surface area contributed by atoms with E-state index in [-0.39, 0.29) is 19.6 Å². The largest absolute Gasteiger partial charge is 0.396 e. The van der Waals surface area contributed by atoms with Crippen LogP contribution >= 0.6 is 0 Å². The molecule has 1 aromatic rings. The number of nitrogens with two attached hydrogens (primary N) is 1. The zero-order valence-corrected chi connectivity index (χ0v) is 12.5. The third-order valence-corrected chi connectivity index (χ3v) is 4.24. The van der Waals surface area contributed by atoms with Crippen LogP contribution in [0.2, 0.25) is 0 Å². The molecule has 1 aromatic carbocycles. The number of methoxy groups -OCH3 is 1. The van der Waals surface area contributed by atoms with Crippen LogP contribution in [-0.4, -0.2) is 39.4 Å². The number of halogens is 2. The highest BCUT2D eigenvalue weighted by molar-refractivity contribution is 7.89. The Morgan fingerprint density at radius 1 is 1.38 bits per heavy atom. The maximum Gasteiger partial charge on any atom is 0.243 e. The second-order valence-corrected chi connectivity index (χ2v) is 6.60. The van der Waals surface area contributed by atoms with Gasteiger partial charge in [-0.3, -0.25) is 0 Å². The van der Waals surface area contributed by atoms with Crippen LogP contribution in [0.5, 0.6) is 0 Å². The molecule has 0 aliphatic carbocycles. The maximum absolute atomic E-state index is 13.6. The van der Waals surface area contributed by atoms with Crippen LogP contribution in [0.3, 0.4) is 0 Å². The Hall–Kier alpha value is -1.29. The lowest BCUT2D eigenvalue weighted by Crippen LogP contribution is -2.41. The summed E-state index contributed by atoms with van der Waals surface area (Å²) in [7, 11) is -2.82. The van der Waals surface area contributed by atoms with Crippen molar-refractivity contribution in [3.63, 3.8) is 0 Å². The minimum atomic E-state index is -4.26. The van der Waals surface area contributed by atoms with E-state index >= 15 is 0 Å². The SMILES string of the molecule is COCCC(C)(O)CNS(=O)(=O)c1cc(N)c(F)cc1F. The first-order valence-corrected chi connectivity index (χ1v) is 7.53. The molecule has 0 aliphatic heterocycles. The first-order valence-electron chi connectivity index (χ1n) is 6.04. The Labute approximate surface area is 122 Å². The maximum atomic E-state index is 13.6. The van der Waals surface area contributed by atoms with Crippen LogP contribution in [0.1, 0.15) is 13.3 Å². The monoisotopic (exact) mass is 324 g/mol. The van der Waals surface area contributed by atoms with Gasteiger partial charge in [0.15, 0.2) is 0 Å². The van der Waals surface area contributed by atoms with E-state index in [0.29, 0.717) is 12.1 Å². The fourth-order valence-electron chi connectivity index (χ4n) is 1.49. The minimum absolute atomic E-state index is 0.181. The lowest BCUT2D eigenvalue weighted by molar-refractivity contribution is 0.0292. The van der Waals surface area contributed by atoms with Gasteiger partial charge >= 0.3 is 0 Å². The second kappa shape index (κ2) is 6.65. The molecule has 0 fully saturated rings. The van der Waals surface area contributed by atoms with Gasteiger partial charge in [0.05, 0.1) is 11.3 Å². The molecule has 0 aromatic heterocycles. The standard InChI is InChI=1S/C12H18F2N2O4S/c1-12(17,3-4-20-2)7-16-21(18,19)11-6-10(15)8(13)5-9(11)14/h5-6,16-17H,3-4,7,15H2,1-2H3. The molecule has 6 nitrogen and oxygen atoms in total.